The summed E-state index contributed by atoms with van der Waals surface area (Å²) in [6.07, 6.45) is 3.81. The van der Waals surface area contributed by atoms with Gasteiger partial charge in [0.15, 0.2) is 0 Å². The van der Waals surface area contributed by atoms with Gasteiger partial charge in [-0.2, -0.15) is 0 Å². The van der Waals surface area contributed by atoms with Gasteiger partial charge in [-0.05, 0) is 54.5 Å². The quantitative estimate of drug-likeness (QED) is 0.696. The maximum atomic E-state index is 13.3. The van der Waals surface area contributed by atoms with Crippen LogP contribution in [0.2, 0.25) is 0 Å². The molecule has 1 heterocycles. The molecule has 3 N–H and O–H groups in total. The summed E-state index contributed by atoms with van der Waals surface area (Å²) >= 11 is 0. The highest BCUT2D eigenvalue weighted by atomic mass is 16.2. The fourth-order valence-corrected chi connectivity index (χ4v) is 4.09. The molecule has 0 fully saturated rings. The second-order valence-electron chi connectivity index (χ2n) is 8.02. The zero-order chi connectivity index (χ0) is 21.3. The van der Waals surface area contributed by atoms with Crippen molar-refractivity contribution in [2.24, 2.45) is 11.7 Å². The Morgan fingerprint density at radius 2 is 1.80 bits per heavy atom. The van der Waals surface area contributed by atoms with Crippen LogP contribution in [0.25, 0.3) is 22.6 Å². The summed E-state index contributed by atoms with van der Waals surface area (Å²) in [7, 11) is 0. The van der Waals surface area contributed by atoms with Crippen LogP contribution in [0.15, 0.2) is 54.6 Å². The Morgan fingerprint density at radius 3 is 2.53 bits per heavy atom. The number of benzene rings is 2. The van der Waals surface area contributed by atoms with Crippen LogP contribution in [0, 0.1) is 5.92 Å². The first kappa shape index (κ1) is 19.8. The third-order valence-electron chi connectivity index (χ3n) is 5.56. The number of carbonyl (C=O) groups excluding carboxylic acids is 2. The molecule has 3 aromatic rings. The van der Waals surface area contributed by atoms with E-state index >= 15 is 0 Å². The van der Waals surface area contributed by atoms with Gasteiger partial charge in [0.05, 0.1) is 16.8 Å². The zero-order valence-corrected chi connectivity index (χ0v) is 17.2. The molecule has 5 heteroatoms. The van der Waals surface area contributed by atoms with Crippen molar-refractivity contribution in [3.63, 3.8) is 0 Å². The van der Waals surface area contributed by atoms with E-state index in [1.54, 1.807) is 6.92 Å². The van der Waals surface area contributed by atoms with Crippen LogP contribution >= 0.6 is 0 Å². The van der Waals surface area contributed by atoms with Gasteiger partial charge in [0.1, 0.15) is 6.04 Å². The maximum absolute atomic E-state index is 13.3. The summed E-state index contributed by atoms with van der Waals surface area (Å²) in [5, 5.41) is 3.55. The van der Waals surface area contributed by atoms with E-state index in [9.17, 15) is 9.59 Å². The van der Waals surface area contributed by atoms with Crippen molar-refractivity contribution in [1.29, 1.82) is 0 Å². The third-order valence-corrected chi connectivity index (χ3v) is 5.56. The molecule has 1 aliphatic carbocycles. The number of amides is 2. The molecule has 1 aromatic heterocycles. The van der Waals surface area contributed by atoms with Crippen LogP contribution in [0.5, 0.6) is 0 Å². The molecule has 2 unspecified atom stereocenters. The van der Waals surface area contributed by atoms with Gasteiger partial charge in [-0.15, -0.1) is 0 Å². The van der Waals surface area contributed by atoms with E-state index in [0.29, 0.717) is 11.5 Å². The summed E-state index contributed by atoms with van der Waals surface area (Å²) in [6, 6.07) is 17.0. The lowest BCUT2D eigenvalue weighted by Crippen LogP contribution is -2.42. The second kappa shape index (κ2) is 8.11. The summed E-state index contributed by atoms with van der Waals surface area (Å²) in [5.74, 6) is -0.478. The molecular formula is C25H25N3O2. The molecule has 30 heavy (non-hydrogen) atoms. The van der Waals surface area contributed by atoms with E-state index in [0.717, 1.165) is 46.1 Å². The highest BCUT2D eigenvalue weighted by Crippen LogP contribution is 2.38. The second-order valence-corrected chi connectivity index (χ2v) is 8.02. The van der Waals surface area contributed by atoms with Gasteiger partial charge < -0.3 is 11.1 Å². The highest BCUT2D eigenvalue weighted by Gasteiger charge is 2.28. The first-order valence-corrected chi connectivity index (χ1v) is 10.2. The normalized spacial score (nSPS) is 18.1. The van der Waals surface area contributed by atoms with Gasteiger partial charge in [-0.25, -0.2) is 4.98 Å². The molecular weight excluding hydrogens is 374 g/mol. The van der Waals surface area contributed by atoms with Crippen LogP contribution in [0.1, 0.15) is 47.4 Å². The van der Waals surface area contributed by atoms with Crippen LogP contribution in [0.4, 0.5) is 0 Å². The lowest BCUT2D eigenvalue weighted by Gasteiger charge is -2.27. The summed E-state index contributed by atoms with van der Waals surface area (Å²) < 4.78 is 0. The first-order valence-electron chi connectivity index (χ1n) is 10.2. The number of nitrogens with one attached hydrogen (secondary N) is 1. The lowest BCUT2D eigenvalue weighted by molar-refractivity contribution is -0.119. The van der Waals surface area contributed by atoms with Gasteiger partial charge in [0.25, 0.3) is 5.91 Å². The summed E-state index contributed by atoms with van der Waals surface area (Å²) in [4.78, 5) is 29.7. The monoisotopic (exact) mass is 399 g/mol. The summed E-state index contributed by atoms with van der Waals surface area (Å²) in [6.45, 7) is 3.78. The molecule has 2 amide bonds. The molecule has 1 aliphatic rings. The van der Waals surface area contributed by atoms with Crippen molar-refractivity contribution in [1.82, 2.24) is 10.3 Å². The van der Waals surface area contributed by atoms with Crippen LogP contribution in [-0.4, -0.2) is 22.8 Å². The largest absolute Gasteiger partial charge is 0.368 e. The van der Waals surface area contributed by atoms with E-state index in [1.807, 2.05) is 42.5 Å². The molecule has 0 saturated carbocycles. The van der Waals surface area contributed by atoms with Crippen molar-refractivity contribution < 1.29 is 9.59 Å². The van der Waals surface area contributed by atoms with Crippen LogP contribution < -0.4 is 11.1 Å². The van der Waals surface area contributed by atoms with Gasteiger partial charge in [-0.1, -0.05) is 55.5 Å². The molecule has 0 spiro atoms. The maximum Gasteiger partial charge on any atom is 0.252 e. The Labute approximate surface area is 176 Å². The molecule has 0 bridgehead atoms. The number of pyridine rings is 1. The number of nitrogens with zero attached hydrogens (tertiary/aromatic N) is 1. The smallest absolute Gasteiger partial charge is 0.252 e. The Kier molecular flexibility index (Phi) is 5.36. The van der Waals surface area contributed by atoms with Gasteiger partial charge >= 0.3 is 0 Å². The highest BCUT2D eigenvalue weighted by molar-refractivity contribution is 6.10. The number of fused-ring (bicyclic) bond motifs is 2. The fraction of sp³-hybridized carbons (Fsp3) is 0.240. The predicted octanol–water partition coefficient (Wildman–Crippen LogP) is 3.96. The number of para-hydroxylation sites is 1. The van der Waals surface area contributed by atoms with E-state index in [2.05, 4.69) is 30.4 Å². The van der Waals surface area contributed by atoms with Crippen molar-refractivity contribution in [2.75, 3.05) is 0 Å². The molecule has 152 valence electrons. The zero-order valence-electron chi connectivity index (χ0n) is 17.2. The minimum absolute atomic E-state index is 0.288. The van der Waals surface area contributed by atoms with E-state index in [-0.39, 0.29) is 5.91 Å². The van der Waals surface area contributed by atoms with E-state index < -0.39 is 11.9 Å². The van der Waals surface area contributed by atoms with Gasteiger partial charge in [0.2, 0.25) is 5.91 Å². The van der Waals surface area contributed by atoms with E-state index in [1.165, 1.54) is 0 Å². The SMILES string of the molecule is CC1C/C(=C\c2ccccc2)c2nc3ccccc3c(C(=O)NC(C)C(N)=O)c2C1. The number of primary amides is 1. The van der Waals surface area contributed by atoms with Gasteiger partial charge in [0, 0.05) is 5.39 Å². The molecule has 4 rings (SSSR count). The van der Waals surface area contributed by atoms with Crippen molar-refractivity contribution in [2.45, 2.75) is 32.7 Å². The number of allylic oxidation sites excluding steroid dienone is 1. The van der Waals surface area contributed by atoms with Crippen LogP contribution in [-0.2, 0) is 11.2 Å². The number of carbonyl (C=O) groups is 2. The number of aromatic nitrogens is 1. The average molecular weight is 399 g/mol. The molecule has 0 saturated heterocycles. The lowest BCUT2D eigenvalue weighted by atomic mass is 9.80. The van der Waals surface area contributed by atoms with Crippen molar-refractivity contribution >= 4 is 34.4 Å². The first-order chi connectivity index (χ1) is 14.4. The Bertz CT molecular complexity index is 1150. The number of hydrogen-bond acceptors (Lipinski definition) is 3. The standard InChI is InChI=1S/C25H25N3O2/c1-15-12-18(14-17-8-4-3-5-9-17)23-20(13-15)22(25(30)27-16(2)24(26)29)19-10-6-7-11-21(19)28-23/h3-11,14-16H,12-13H2,1-2H3,(H2,26,29)(H,27,30)/b18-14+. The fourth-order valence-electron chi connectivity index (χ4n) is 4.09. The summed E-state index contributed by atoms with van der Waals surface area (Å²) in [5.41, 5.74) is 10.8. The molecule has 0 aliphatic heterocycles. The van der Waals surface area contributed by atoms with E-state index in [4.69, 9.17) is 10.7 Å². The molecule has 5 nitrogen and oxygen atoms in total. The average Bonchev–Trinajstić information content (AvgIpc) is 2.72. The van der Waals surface area contributed by atoms with Crippen LogP contribution in [0.3, 0.4) is 0 Å². The molecule has 2 aromatic carbocycles. The number of hydrogen-bond donors (Lipinski definition) is 2. The Morgan fingerprint density at radius 1 is 1.10 bits per heavy atom. The minimum Gasteiger partial charge on any atom is -0.368 e. The third kappa shape index (κ3) is 3.83. The van der Waals surface area contributed by atoms with Gasteiger partial charge in [-0.3, -0.25) is 9.59 Å². The Hall–Kier alpha value is -3.47. The number of nitrogens with two attached hydrogens (primary N) is 1. The molecule has 0 radical (unpaired) electrons. The van der Waals surface area contributed by atoms with Crippen molar-refractivity contribution in [3.05, 3.63) is 77.0 Å². The number of rotatable bonds is 4. The Balaban J connectivity index is 1.92. The molecule has 2 atom stereocenters. The topological polar surface area (TPSA) is 85.1 Å². The minimum atomic E-state index is -0.750. The van der Waals surface area contributed by atoms with Crippen molar-refractivity contribution in [3.8, 4) is 0 Å². The predicted molar refractivity (Wildman–Crippen MR) is 120 cm³/mol.